The fraction of sp³-hybridized carbons (Fsp3) is 0.400. The maximum absolute atomic E-state index is 4.74. The van der Waals surface area contributed by atoms with Crippen LogP contribution in [0, 0.1) is 0 Å². The number of benzene rings is 1. The van der Waals surface area contributed by atoms with Gasteiger partial charge in [-0.25, -0.2) is 4.98 Å². The van der Waals surface area contributed by atoms with E-state index in [0.717, 1.165) is 16.9 Å². The molecule has 1 aromatic carbocycles. The van der Waals surface area contributed by atoms with Crippen molar-refractivity contribution in [2.24, 2.45) is 0 Å². The molecule has 0 aliphatic heterocycles. The summed E-state index contributed by atoms with van der Waals surface area (Å²) in [4.78, 5) is 11.6. The first-order valence-corrected chi connectivity index (χ1v) is 6.57. The summed E-state index contributed by atoms with van der Waals surface area (Å²) in [6.45, 7) is 8.72. The van der Waals surface area contributed by atoms with Crippen LogP contribution in [0.1, 0.15) is 51.0 Å². The van der Waals surface area contributed by atoms with Crippen LogP contribution in [-0.4, -0.2) is 15.0 Å². The van der Waals surface area contributed by atoms with E-state index in [1.54, 1.807) is 0 Å². The molecule has 2 N–H and O–H groups in total. The van der Waals surface area contributed by atoms with Gasteiger partial charge in [0.2, 0.25) is 0 Å². The minimum Gasteiger partial charge on any atom is -0.358 e. The Morgan fingerprint density at radius 1 is 0.944 bits per heavy atom. The summed E-state index contributed by atoms with van der Waals surface area (Å²) in [6, 6.07) is 6.47. The quantitative estimate of drug-likeness (QED) is 0.690. The summed E-state index contributed by atoms with van der Waals surface area (Å²) >= 11 is 0. The Balaban J connectivity index is 2.30. The zero-order chi connectivity index (χ0) is 12.9. The van der Waals surface area contributed by atoms with Gasteiger partial charge in [-0.1, -0.05) is 27.7 Å². The molecule has 0 atom stereocenters. The van der Waals surface area contributed by atoms with Crippen LogP contribution in [0.4, 0.5) is 0 Å². The number of hydrogen-bond donors (Lipinski definition) is 2. The number of H-pyrrole nitrogens is 2. The number of nitrogens with zero attached hydrogens (tertiary/aromatic N) is 1. The van der Waals surface area contributed by atoms with Crippen LogP contribution in [0.5, 0.6) is 0 Å². The van der Waals surface area contributed by atoms with Gasteiger partial charge in [0.15, 0.2) is 0 Å². The van der Waals surface area contributed by atoms with Crippen molar-refractivity contribution in [2.45, 2.75) is 39.5 Å². The maximum atomic E-state index is 4.74. The van der Waals surface area contributed by atoms with Gasteiger partial charge >= 0.3 is 0 Å². The van der Waals surface area contributed by atoms with Crippen molar-refractivity contribution in [2.75, 3.05) is 0 Å². The first kappa shape index (κ1) is 11.3. The fourth-order valence-electron chi connectivity index (χ4n) is 2.30. The van der Waals surface area contributed by atoms with Crippen molar-refractivity contribution in [3.63, 3.8) is 0 Å². The van der Waals surface area contributed by atoms with Gasteiger partial charge < -0.3 is 9.97 Å². The second kappa shape index (κ2) is 3.87. The molecule has 0 fully saturated rings. The third-order valence-electron chi connectivity index (χ3n) is 3.46. The Labute approximate surface area is 107 Å². The van der Waals surface area contributed by atoms with Crippen LogP contribution < -0.4 is 0 Å². The molecule has 3 aromatic rings. The molecule has 0 bridgehead atoms. The van der Waals surface area contributed by atoms with Crippen molar-refractivity contribution in [1.29, 1.82) is 0 Å². The van der Waals surface area contributed by atoms with Gasteiger partial charge in [-0.05, 0) is 24.1 Å². The number of aromatic amines is 2. The highest BCUT2D eigenvalue weighted by atomic mass is 14.9. The lowest BCUT2D eigenvalue weighted by Gasteiger charge is -1.97. The highest BCUT2D eigenvalue weighted by Crippen LogP contribution is 2.28. The van der Waals surface area contributed by atoms with Crippen molar-refractivity contribution in [3.8, 4) is 0 Å². The van der Waals surface area contributed by atoms with Crippen molar-refractivity contribution < 1.29 is 0 Å². The predicted molar refractivity (Wildman–Crippen MR) is 76.1 cm³/mol. The molecule has 2 heterocycles. The van der Waals surface area contributed by atoms with E-state index < -0.39 is 0 Å². The van der Waals surface area contributed by atoms with Gasteiger partial charge in [0.25, 0.3) is 0 Å². The number of imidazole rings is 1. The molecule has 0 aliphatic carbocycles. The van der Waals surface area contributed by atoms with E-state index in [1.807, 2.05) is 0 Å². The van der Waals surface area contributed by atoms with Crippen LogP contribution in [0.3, 0.4) is 0 Å². The lowest BCUT2D eigenvalue weighted by molar-refractivity contribution is 0.799. The van der Waals surface area contributed by atoms with E-state index in [0.29, 0.717) is 11.8 Å². The Bertz CT molecular complexity index is 639. The fourth-order valence-corrected chi connectivity index (χ4v) is 2.30. The normalized spacial score (nSPS) is 12.3. The molecule has 2 aromatic heterocycles. The molecule has 3 rings (SSSR count). The van der Waals surface area contributed by atoms with Crippen molar-refractivity contribution in [1.82, 2.24) is 15.0 Å². The van der Waals surface area contributed by atoms with Crippen LogP contribution in [-0.2, 0) is 0 Å². The molecule has 0 saturated carbocycles. The third-order valence-corrected chi connectivity index (χ3v) is 3.46. The summed E-state index contributed by atoms with van der Waals surface area (Å²) in [7, 11) is 0. The van der Waals surface area contributed by atoms with Crippen molar-refractivity contribution >= 4 is 21.9 Å². The van der Waals surface area contributed by atoms with Gasteiger partial charge in [-0.2, -0.15) is 0 Å². The van der Waals surface area contributed by atoms with E-state index >= 15 is 0 Å². The SMILES string of the molecule is CC(C)c1cc2c(ccc3[nH]c(C(C)C)nc32)[nH]1. The summed E-state index contributed by atoms with van der Waals surface area (Å²) in [5, 5.41) is 1.22. The molecule has 3 heteroatoms. The van der Waals surface area contributed by atoms with E-state index in [2.05, 4.69) is 55.9 Å². The molecule has 3 nitrogen and oxygen atoms in total. The van der Waals surface area contributed by atoms with Crippen molar-refractivity contribution in [3.05, 3.63) is 29.7 Å². The topological polar surface area (TPSA) is 44.5 Å². The molecule has 0 aliphatic rings. The standard InChI is InChI=1S/C15H19N3/c1-8(2)13-7-10-11(16-13)5-6-12-14(10)18-15(17-12)9(3)4/h5-9,16H,1-4H3,(H,17,18). The summed E-state index contributed by atoms with van der Waals surface area (Å²) in [5.74, 6) is 2.00. The van der Waals surface area contributed by atoms with Crippen LogP contribution >= 0.6 is 0 Å². The molecule has 18 heavy (non-hydrogen) atoms. The van der Waals surface area contributed by atoms with Gasteiger partial charge in [-0.3, -0.25) is 0 Å². The van der Waals surface area contributed by atoms with E-state index in [4.69, 9.17) is 4.98 Å². The first-order chi connectivity index (χ1) is 8.56. The lowest BCUT2D eigenvalue weighted by atomic mass is 10.1. The Morgan fingerprint density at radius 2 is 1.67 bits per heavy atom. The zero-order valence-electron chi connectivity index (χ0n) is 11.3. The average Bonchev–Trinajstić information content (AvgIpc) is 2.91. The smallest absolute Gasteiger partial charge is 0.109 e. The lowest BCUT2D eigenvalue weighted by Crippen LogP contribution is -1.88. The number of fused-ring (bicyclic) bond motifs is 3. The largest absolute Gasteiger partial charge is 0.358 e. The van der Waals surface area contributed by atoms with E-state index in [1.165, 1.54) is 16.6 Å². The van der Waals surface area contributed by atoms with Gasteiger partial charge in [0, 0.05) is 22.5 Å². The minimum absolute atomic E-state index is 0.427. The Kier molecular flexibility index (Phi) is 2.44. The molecule has 94 valence electrons. The van der Waals surface area contributed by atoms with Gasteiger partial charge in [-0.15, -0.1) is 0 Å². The predicted octanol–water partition coefficient (Wildman–Crippen LogP) is 4.29. The summed E-state index contributed by atoms with van der Waals surface area (Å²) in [5.41, 5.74) is 4.65. The Hall–Kier alpha value is -1.77. The van der Waals surface area contributed by atoms with E-state index in [9.17, 15) is 0 Å². The maximum Gasteiger partial charge on any atom is 0.109 e. The zero-order valence-corrected chi connectivity index (χ0v) is 11.3. The first-order valence-electron chi connectivity index (χ1n) is 6.57. The number of aromatic nitrogens is 3. The monoisotopic (exact) mass is 241 g/mol. The van der Waals surface area contributed by atoms with Crippen LogP contribution in [0.15, 0.2) is 18.2 Å². The van der Waals surface area contributed by atoms with E-state index in [-0.39, 0.29) is 0 Å². The molecule has 0 amide bonds. The second-order valence-electron chi connectivity index (χ2n) is 5.58. The number of hydrogen-bond acceptors (Lipinski definition) is 1. The molecule has 0 spiro atoms. The molecule has 0 saturated heterocycles. The van der Waals surface area contributed by atoms with Gasteiger partial charge in [0.05, 0.1) is 11.0 Å². The number of nitrogens with one attached hydrogen (secondary N) is 2. The summed E-state index contributed by atoms with van der Waals surface area (Å²) < 4.78 is 0. The molecular weight excluding hydrogens is 222 g/mol. The summed E-state index contributed by atoms with van der Waals surface area (Å²) in [6.07, 6.45) is 0. The molecule has 0 unspecified atom stereocenters. The highest BCUT2D eigenvalue weighted by Gasteiger charge is 2.12. The Morgan fingerprint density at radius 3 is 2.33 bits per heavy atom. The average molecular weight is 241 g/mol. The van der Waals surface area contributed by atoms with Crippen LogP contribution in [0.2, 0.25) is 0 Å². The van der Waals surface area contributed by atoms with Crippen LogP contribution in [0.25, 0.3) is 21.9 Å². The highest BCUT2D eigenvalue weighted by molar-refractivity contribution is 6.03. The number of rotatable bonds is 2. The third kappa shape index (κ3) is 1.62. The molecular formula is C15H19N3. The second-order valence-corrected chi connectivity index (χ2v) is 5.58. The van der Waals surface area contributed by atoms with Gasteiger partial charge in [0.1, 0.15) is 5.82 Å². The molecule has 0 radical (unpaired) electrons. The minimum atomic E-state index is 0.427.